The minimum atomic E-state index is -0.407. The largest absolute Gasteiger partial charge is 0.390 e. The quantitative estimate of drug-likeness (QED) is 0.795. The van der Waals surface area contributed by atoms with Gasteiger partial charge in [0.2, 0.25) is 5.91 Å². The number of rotatable bonds is 4. The Hall–Kier alpha value is -1.43. The number of hydrogen-bond acceptors (Lipinski definition) is 4. The standard InChI is InChI=1S/C14H21N3O2/c1-16(2)12-8-17(9-13(12)18)7-10-3-5-11(6-4-10)14(15)19/h3-6,12-13,18H,7-9H2,1-2H3,(H2,15,19)/t12-,13-/m1/s1. The van der Waals surface area contributed by atoms with Crippen LogP contribution in [-0.4, -0.2) is 60.1 Å². The fourth-order valence-electron chi connectivity index (χ4n) is 2.52. The van der Waals surface area contributed by atoms with Crippen LogP contribution in [0.2, 0.25) is 0 Å². The molecule has 104 valence electrons. The summed E-state index contributed by atoms with van der Waals surface area (Å²) in [5, 5.41) is 9.98. The number of aliphatic hydroxyl groups excluding tert-OH is 1. The number of aliphatic hydroxyl groups is 1. The van der Waals surface area contributed by atoms with Gasteiger partial charge in [0.1, 0.15) is 0 Å². The second kappa shape index (κ2) is 5.69. The summed E-state index contributed by atoms with van der Waals surface area (Å²) in [4.78, 5) is 15.3. The van der Waals surface area contributed by atoms with Crippen molar-refractivity contribution < 1.29 is 9.90 Å². The summed E-state index contributed by atoms with van der Waals surface area (Å²) in [6.07, 6.45) is -0.306. The van der Waals surface area contributed by atoms with Crippen LogP contribution in [0.4, 0.5) is 0 Å². The fraction of sp³-hybridized carbons (Fsp3) is 0.500. The van der Waals surface area contributed by atoms with Gasteiger partial charge in [0.05, 0.1) is 6.10 Å². The summed E-state index contributed by atoms with van der Waals surface area (Å²) in [5.74, 6) is -0.407. The van der Waals surface area contributed by atoms with E-state index in [1.54, 1.807) is 12.1 Å². The second-order valence-electron chi connectivity index (χ2n) is 5.35. The van der Waals surface area contributed by atoms with Gasteiger partial charge < -0.3 is 15.7 Å². The van der Waals surface area contributed by atoms with Gasteiger partial charge in [-0.1, -0.05) is 12.1 Å². The third-order valence-corrected chi connectivity index (χ3v) is 3.64. The number of nitrogens with zero attached hydrogens (tertiary/aromatic N) is 2. The lowest BCUT2D eigenvalue weighted by Crippen LogP contribution is -2.37. The van der Waals surface area contributed by atoms with Gasteiger partial charge in [0.25, 0.3) is 0 Å². The van der Waals surface area contributed by atoms with E-state index in [-0.39, 0.29) is 12.1 Å². The minimum absolute atomic E-state index is 0.185. The highest BCUT2D eigenvalue weighted by Crippen LogP contribution is 2.17. The molecule has 1 saturated heterocycles. The van der Waals surface area contributed by atoms with E-state index < -0.39 is 5.91 Å². The predicted octanol–water partition coefficient (Wildman–Crippen LogP) is -0.108. The molecule has 0 aliphatic carbocycles. The molecule has 5 heteroatoms. The smallest absolute Gasteiger partial charge is 0.248 e. The number of amides is 1. The molecule has 1 aliphatic rings. The summed E-state index contributed by atoms with van der Waals surface area (Å²) in [6.45, 7) is 2.31. The third kappa shape index (κ3) is 3.32. The van der Waals surface area contributed by atoms with E-state index in [0.29, 0.717) is 12.1 Å². The molecule has 1 heterocycles. The molecule has 1 fully saturated rings. The Labute approximate surface area is 113 Å². The van der Waals surface area contributed by atoms with Crippen molar-refractivity contribution in [1.82, 2.24) is 9.80 Å². The van der Waals surface area contributed by atoms with E-state index in [4.69, 9.17) is 5.73 Å². The van der Waals surface area contributed by atoms with Gasteiger partial charge in [-0.15, -0.1) is 0 Å². The number of likely N-dealkylation sites (N-methyl/N-ethyl adjacent to an activating group) is 1. The highest BCUT2D eigenvalue weighted by Gasteiger charge is 2.32. The van der Waals surface area contributed by atoms with E-state index in [1.807, 2.05) is 26.2 Å². The van der Waals surface area contributed by atoms with Gasteiger partial charge >= 0.3 is 0 Å². The highest BCUT2D eigenvalue weighted by molar-refractivity contribution is 5.92. The Morgan fingerprint density at radius 1 is 1.37 bits per heavy atom. The first kappa shape index (κ1) is 14.0. The molecule has 0 spiro atoms. The first-order valence-corrected chi connectivity index (χ1v) is 6.43. The van der Waals surface area contributed by atoms with Crippen LogP contribution in [0.5, 0.6) is 0 Å². The highest BCUT2D eigenvalue weighted by atomic mass is 16.3. The van der Waals surface area contributed by atoms with Crippen molar-refractivity contribution in [3.8, 4) is 0 Å². The van der Waals surface area contributed by atoms with E-state index in [1.165, 1.54) is 0 Å². The molecule has 0 radical (unpaired) electrons. The molecular formula is C14H21N3O2. The first-order valence-electron chi connectivity index (χ1n) is 6.43. The molecule has 5 nitrogen and oxygen atoms in total. The Balaban J connectivity index is 1.97. The maximum Gasteiger partial charge on any atom is 0.248 e. The van der Waals surface area contributed by atoms with Crippen LogP contribution in [0.15, 0.2) is 24.3 Å². The molecule has 0 aromatic heterocycles. The molecule has 2 atom stereocenters. The van der Waals surface area contributed by atoms with Crippen molar-refractivity contribution in [2.45, 2.75) is 18.7 Å². The summed E-state index contributed by atoms with van der Waals surface area (Å²) >= 11 is 0. The number of likely N-dealkylation sites (tertiary alicyclic amines) is 1. The molecule has 1 amide bonds. The van der Waals surface area contributed by atoms with Crippen LogP contribution in [0.1, 0.15) is 15.9 Å². The molecule has 2 rings (SSSR count). The number of carbonyl (C=O) groups is 1. The van der Waals surface area contributed by atoms with Gasteiger partial charge in [0.15, 0.2) is 0 Å². The zero-order valence-electron chi connectivity index (χ0n) is 11.4. The zero-order chi connectivity index (χ0) is 14.0. The number of primary amides is 1. The number of β-amino-alcohol motifs (C(OH)–C–C–N with tert-alkyl or cyclic N) is 1. The number of carbonyl (C=O) groups excluding carboxylic acids is 1. The molecule has 1 aromatic rings. The van der Waals surface area contributed by atoms with Crippen LogP contribution in [0.3, 0.4) is 0 Å². The third-order valence-electron chi connectivity index (χ3n) is 3.64. The maximum atomic E-state index is 11.0. The van der Waals surface area contributed by atoms with Gasteiger partial charge in [-0.05, 0) is 31.8 Å². The topological polar surface area (TPSA) is 69.8 Å². The molecule has 0 bridgehead atoms. The second-order valence-corrected chi connectivity index (χ2v) is 5.35. The SMILES string of the molecule is CN(C)[C@@H]1CN(Cc2ccc(C(N)=O)cc2)C[C@H]1O. The number of nitrogens with two attached hydrogens (primary N) is 1. The van der Waals surface area contributed by atoms with E-state index >= 15 is 0 Å². The number of benzene rings is 1. The molecule has 1 aliphatic heterocycles. The number of hydrogen-bond donors (Lipinski definition) is 2. The van der Waals surface area contributed by atoms with Crippen molar-refractivity contribution in [2.24, 2.45) is 5.73 Å². The van der Waals surface area contributed by atoms with E-state index in [9.17, 15) is 9.90 Å². The van der Waals surface area contributed by atoms with Crippen molar-refractivity contribution >= 4 is 5.91 Å². The van der Waals surface area contributed by atoms with Gasteiger partial charge in [0, 0.05) is 31.2 Å². The van der Waals surface area contributed by atoms with E-state index in [0.717, 1.165) is 18.7 Å². The van der Waals surface area contributed by atoms with Crippen molar-refractivity contribution in [3.05, 3.63) is 35.4 Å². The summed E-state index contributed by atoms with van der Waals surface area (Å²) in [5.41, 5.74) is 6.86. The lowest BCUT2D eigenvalue weighted by atomic mass is 10.1. The lowest BCUT2D eigenvalue weighted by molar-refractivity contribution is 0.1000. The lowest BCUT2D eigenvalue weighted by Gasteiger charge is -2.21. The fourth-order valence-corrected chi connectivity index (χ4v) is 2.52. The maximum absolute atomic E-state index is 11.0. The average Bonchev–Trinajstić information content (AvgIpc) is 2.71. The average molecular weight is 263 g/mol. The Bertz CT molecular complexity index is 445. The van der Waals surface area contributed by atoms with Crippen molar-refractivity contribution in [3.63, 3.8) is 0 Å². The van der Waals surface area contributed by atoms with Crippen LogP contribution in [0.25, 0.3) is 0 Å². The Morgan fingerprint density at radius 2 is 2.00 bits per heavy atom. The summed E-state index contributed by atoms with van der Waals surface area (Å²) in [7, 11) is 3.97. The molecule has 19 heavy (non-hydrogen) atoms. The van der Waals surface area contributed by atoms with Crippen LogP contribution in [-0.2, 0) is 6.54 Å². The van der Waals surface area contributed by atoms with Crippen molar-refractivity contribution in [2.75, 3.05) is 27.2 Å². The summed E-state index contributed by atoms with van der Waals surface area (Å²) in [6, 6.07) is 7.50. The molecule has 3 N–H and O–H groups in total. The summed E-state index contributed by atoms with van der Waals surface area (Å²) < 4.78 is 0. The van der Waals surface area contributed by atoms with Crippen LogP contribution < -0.4 is 5.73 Å². The van der Waals surface area contributed by atoms with Gasteiger partial charge in [-0.2, -0.15) is 0 Å². The monoisotopic (exact) mass is 263 g/mol. The van der Waals surface area contributed by atoms with Crippen LogP contribution >= 0.6 is 0 Å². The van der Waals surface area contributed by atoms with Crippen molar-refractivity contribution in [1.29, 1.82) is 0 Å². The Morgan fingerprint density at radius 3 is 2.47 bits per heavy atom. The predicted molar refractivity (Wildman–Crippen MR) is 73.7 cm³/mol. The van der Waals surface area contributed by atoms with Crippen LogP contribution in [0, 0.1) is 0 Å². The first-order chi connectivity index (χ1) is 8.97. The molecular weight excluding hydrogens is 242 g/mol. The molecule has 0 unspecified atom stereocenters. The van der Waals surface area contributed by atoms with Gasteiger partial charge in [-0.3, -0.25) is 9.69 Å². The normalized spacial score (nSPS) is 24.0. The minimum Gasteiger partial charge on any atom is -0.390 e. The molecule has 0 saturated carbocycles. The Kier molecular flexibility index (Phi) is 4.19. The van der Waals surface area contributed by atoms with E-state index in [2.05, 4.69) is 9.80 Å². The zero-order valence-corrected chi connectivity index (χ0v) is 11.4. The molecule has 1 aromatic carbocycles. The van der Waals surface area contributed by atoms with Gasteiger partial charge in [-0.25, -0.2) is 0 Å².